The van der Waals surface area contributed by atoms with Crippen molar-refractivity contribution in [2.75, 3.05) is 0 Å². The average Bonchev–Trinajstić information content (AvgIpc) is 3.23. The monoisotopic (exact) mass is 287 g/mol. The van der Waals surface area contributed by atoms with Crippen LogP contribution in [0.25, 0.3) is 0 Å². The maximum absolute atomic E-state index is 10.1. The first-order valence-electron chi connectivity index (χ1n) is 6.60. The molecule has 4 atom stereocenters. The maximum atomic E-state index is 10.1. The molecule has 0 aromatic heterocycles. The molecule has 5 heteroatoms. The van der Waals surface area contributed by atoms with E-state index in [2.05, 4.69) is 24.1 Å². The van der Waals surface area contributed by atoms with Crippen LogP contribution in [0.4, 0.5) is 0 Å². The Morgan fingerprint density at radius 3 is 2.50 bits per heavy atom. The van der Waals surface area contributed by atoms with Gasteiger partial charge in [0.15, 0.2) is 0 Å². The van der Waals surface area contributed by atoms with Crippen LogP contribution >= 0.6 is 0 Å². The SMILES string of the molecule is CC(C)(c1ccc(O)cc1)C12C=CC3(O)OC3([Si])C1O2. The number of epoxide rings is 2. The molecule has 2 N–H and O–H groups in total. The van der Waals surface area contributed by atoms with Crippen LogP contribution in [0, 0.1) is 0 Å². The lowest BCUT2D eigenvalue weighted by molar-refractivity contribution is 0.0812. The summed E-state index contributed by atoms with van der Waals surface area (Å²) in [6, 6.07) is 7.13. The number of hydrogen-bond donors (Lipinski definition) is 2. The van der Waals surface area contributed by atoms with Crippen molar-refractivity contribution in [2.24, 2.45) is 0 Å². The van der Waals surface area contributed by atoms with Crippen molar-refractivity contribution >= 4 is 10.2 Å². The predicted molar refractivity (Wildman–Crippen MR) is 72.4 cm³/mol. The number of phenols is 1. The lowest BCUT2D eigenvalue weighted by Crippen LogP contribution is -2.46. The second-order valence-corrected chi connectivity index (χ2v) is 7.07. The fraction of sp³-hybridized carbons (Fsp3) is 0.467. The molecule has 2 heterocycles. The molecule has 20 heavy (non-hydrogen) atoms. The van der Waals surface area contributed by atoms with Crippen LogP contribution in [0.5, 0.6) is 5.75 Å². The number of ether oxygens (including phenoxy) is 2. The molecule has 0 amide bonds. The molecule has 4 rings (SSSR count). The summed E-state index contributed by atoms with van der Waals surface area (Å²) in [4.78, 5) is 0. The van der Waals surface area contributed by atoms with Gasteiger partial charge in [0.05, 0.1) is 10.2 Å². The molecule has 2 aliphatic heterocycles. The zero-order valence-electron chi connectivity index (χ0n) is 11.3. The first kappa shape index (κ1) is 12.6. The van der Waals surface area contributed by atoms with Crippen LogP contribution in [0.3, 0.4) is 0 Å². The van der Waals surface area contributed by atoms with Crippen LogP contribution in [0.2, 0.25) is 0 Å². The van der Waals surface area contributed by atoms with Crippen molar-refractivity contribution in [3.63, 3.8) is 0 Å². The highest BCUT2D eigenvalue weighted by Gasteiger charge is 2.84. The van der Waals surface area contributed by atoms with E-state index in [0.717, 1.165) is 5.56 Å². The van der Waals surface area contributed by atoms with Crippen LogP contribution in [-0.2, 0) is 14.9 Å². The number of aliphatic hydroxyl groups is 1. The maximum Gasteiger partial charge on any atom is 0.214 e. The molecule has 3 radical (unpaired) electrons. The van der Waals surface area contributed by atoms with E-state index >= 15 is 0 Å². The van der Waals surface area contributed by atoms with Crippen molar-refractivity contribution in [1.82, 2.24) is 0 Å². The van der Waals surface area contributed by atoms with Crippen LogP contribution < -0.4 is 0 Å². The first-order chi connectivity index (χ1) is 9.25. The second-order valence-electron chi connectivity index (χ2n) is 6.33. The summed E-state index contributed by atoms with van der Waals surface area (Å²) in [5.74, 6) is -1.01. The second kappa shape index (κ2) is 3.19. The predicted octanol–water partition coefficient (Wildman–Crippen LogP) is 0.961. The average molecular weight is 287 g/mol. The zero-order chi connectivity index (χ0) is 14.4. The molecule has 2 fully saturated rings. The van der Waals surface area contributed by atoms with Gasteiger partial charge in [-0.3, -0.25) is 0 Å². The van der Waals surface area contributed by atoms with E-state index in [1.807, 2.05) is 18.2 Å². The number of rotatable bonds is 2. The van der Waals surface area contributed by atoms with Crippen molar-refractivity contribution in [3.8, 4) is 5.75 Å². The van der Waals surface area contributed by atoms with E-state index in [0.29, 0.717) is 0 Å². The topological polar surface area (TPSA) is 65.5 Å². The van der Waals surface area contributed by atoms with Gasteiger partial charge in [-0.2, -0.15) is 0 Å². The van der Waals surface area contributed by atoms with Crippen molar-refractivity contribution in [1.29, 1.82) is 0 Å². The smallest absolute Gasteiger partial charge is 0.214 e. The van der Waals surface area contributed by atoms with Gasteiger partial charge in [-0.05, 0) is 29.8 Å². The summed E-state index contributed by atoms with van der Waals surface area (Å²) in [6.45, 7) is 4.18. The normalized spacial score (nSPS) is 44.7. The fourth-order valence-electron chi connectivity index (χ4n) is 3.32. The number of benzene rings is 1. The number of phenolic OH excluding ortho intramolecular Hbond substituents is 1. The Labute approximate surface area is 120 Å². The van der Waals surface area contributed by atoms with Crippen molar-refractivity contribution in [2.45, 2.75) is 42.0 Å². The number of aromatic hydroxyl groups is 1. The largest absolute Gasteiger partial charge is 0.508 e. The van der Waals surface area contributed by atoms with Crippen molar-refractivity contribution < 1.29 is 19.7 Å². The van der Waals surface area contributed by atoms with Gasteiger partial charge < -0.3 is 19.7 Å². The molecule has 103 valence electrons. The van der Waals surface area contributed by atoms with E-state index < -0.39 is 16.6 Å². The third kappa shape index (κ3) is 1.22. The van der Waals surface area contributed by atoms with E-state index in [9.17, 15) is 10.2 Å². The van der Waals surface area contributed by atoms with Crippen LogP contribution in [-0.4, -0.2) is 43.2 Å². The minimum atomic E-state index is -1.25. The first-order valence-corrected chi connectivity index (χ1v) is 7.10. The van der Waals surface area contributed by atoms with E-state index in [1.54, 1.807) is 18.2 Å². The summed E-state index contributed by atoms with van der Waals surface area (Å²) in [6.07, 6.45) is 3.33. The summed E-state index contributed by atoms with van der Waals surface area (Å²) in [5, 5.41) is 18.7. The lowest BCUT2D eigenvalue weighted by Gasteiger charge is -2.33. The Kier molecular flexibility index (Phi) is 2.01. The van der Waals surface area contributed by atoms with E-state index in [4.69, 9.17) is 9.47 Å². The number of hydrogen-bond acceptors (Lipinski definition) is 4. The van der Waals surface area contributed by atoms with Gasteiger partial charge in [-0.1, -0.05) is 26.0 Å². The Balaban J connectivity index is 1.75. The highest BCUT2D eigenvalue weighted by molar-refractivity contribution is 6.19. The standard InChI is InChI=1S/C15H15O4Si/c1-12(2,9-3-5-10(16)6-4-9)13-7-8-14(17)15(20,19-14)11(13)18-13/h3-8,11,16-17H,1-2H3. The van der Waals surface area contributed by atoms with Gasteiger partial charge in [0.25, 0.3) is 0 Å². The van der Waals surface area contributed by atoms with Gasteiger partial charge in [0.2, 0.25) is 5.79 Å². The Morgan fingerprint density at radius 2 is 1.85 bits per heavy atom. The lowest BCUT2D eigenvalue weighted by atomic mass is 9.69. The Bertz CT molecular complexity index is 625. The third-order valence-corrected chi connectivity index (χ3v) is 5.67. The molecule has 3 aliphatic rings. The molecule has 1 aliphatic carbocycles. The molecule has 4 unspecified atom stereocenters. The van der Waals surface area contributed by atoms with E-state index in [1.165, 1.54) is 0 Å². The number of fused-ring (bicyclic) bond motifs is 3. The summed E-state index contributed by atoms with van der Waals surface area (Å²) in [7, 11) is 3.51. The highest BCUT2D eigenvalue weighted by Crippen LogP contribution is 2.67. The minimum Gasteiger partial charge on any atom is -0.508 e. The fourth-order valence-corrected chi connectivity index (χ4v) is 3.83. The molecular formula is C15H15O4Si. The molecule has 1 aromatic rings. The van der Waals surface area contributed by atoms with Crippen molar-refractivity contribution in [3.05, 3.63) is 42.0 Å². The molecule has 0 saturated carbocycles. The zero-order valence-corrected chi connectivity index (χ0v) is 12.3. The molecule has 0 spiro atoms. The Morgan fingerprint density at radius 1 is 1.20 bits per heavy atom. The van der Waals surface area contributed by atoms with Gasteiger partial charge >= 0.3 is 0 Å². The highest BCUT2D eigenvalue weighted by atomic mass is 28.1. The molecular weight excluding hydrogens is 272 g/mol. The summed E-state index contributed by atoms with van der Waals surface area (Å²) >= 11 is 0. The van der Waals surface area contributed by atoms with Gasteiger partial charge in [0, 0.05) is 5.41 Å². The summed E-state index contributed by atoms with van der Waals surface area (Å²) in [5.41, 5.74) is 0.243. The van der Waals surface area contributed by atoms with Gasteiger partial charge in [0.1, 0.15) is 22.7 Å². The Hall–Kier alpha value is -1.14. The van der Waals surface area contributed by atoms with Gasteiger partial charge in [-0.15, -0.1) is 0 Å². The molecule has 2 saturated heterocycles. The van der Waals surface area contributed by atoms with Crippen LogP contribution in [0.1, 0.15) is 19.4 Å². The quantitative estimate of drug-likeness (QED) is 0.483. The minimum absolute atomic E-state index is 0.231. The molecule has 4 nitrogen and oxygen atoms in total. The summed E-state index contributed by atoms with van der Waals surface area (Å²) < 4.78 is 11.4. The third-order valence-electron chi connectivity index (χ3n) is 4.94. The van der Waals surface area contributed by atoms with E-state index in [-0.39, 0.29) is 17.3 Å². The molecule has 0 bridgehead atoms. The van der Waals surface area contributed by atoms with Gasteiger partial charge in [-0.25, -0.2) is 0 Å². The van der Waals surface area contributed by atoms with Crippen LogP contribution in [0.15, 0.2) is 36.4 Å². The molecule has 1 aromatic carbocycles.